The maximum absolute atomic E-state index is 5.34. The maximum atomic E-state index is 5.34. The van der Waals surface area contributed by atoms with Crippen LogP contribution in [0.1, 0.15) is 37.5 Å². The predicted octanol–water partition coefficient (Wildman–Crippen LogP) is 2.14. The highest BCUT2D eigenvalue weighted by Crippen LogP contribution is 2.26. The van der Waals surface area contributed by atoms with E-state index in [0.717, 1.165) is 5.25 Å². The molecule has 2 atom stereocenters. The molecule has 1 N–H and O–H groups in total. The van der Waals surface area contributed by atoms with Crippen LogP contribution in [0.3, 0.4) is 0 Å². The summed E-state index contributed by atoms with van der Waals surface area (Å²) in [5.74, 6) is 1.34. The van der Waals surface area contributed by atoms with Crippen molar-refractivity contribution >= 4 is 11.8 Å². The summed E-state index contributed by atoms with van der Waals surface area (Å²) in [4.78, 5) is 0. The Morgan fingerprint density at radius 3 is 3.00 bits per heavy atom. The van der Waals surface area contributed by atoms with Crippen molar-refractivity contribution in [1.29, 1.82) is 0 Å². The Balaban J connectivity index is 1.77. The summed E-state index contributed by atoms with van der Waals surface area (Å²) in [6.07, 6.45) is 7.41. The minimum absolute atomic E-state index is 0.610. The molecule has 90 valence electrons. The largest absolute Gasteiger partial charge is 0.424 e. The van der Waals surface area contributed by atoms with Gasteiger partial charge in [0.2, 0.25) is 11.8 Å². The lowest BCUT2D eigenvalue weighted by molar-refractivity contribution is 0.355. The molecular weight excluding hydrogens is 222 g/mol. The molecule has 5 heteroatoms. The van der Waals surface area contributed by atoms with Crippen molar-refractivity contribution in [3.63, 3.8) is 0 Å². The molecule has 0 amide bonds. The smallest absolute Gasteiger partial charge is 0.230 e. The first-order chi connectivity index (χ1) is 7.78. The van der Waals surface area contributed by atoms with Gasteiger partial charge < -0.3 is 9.73 Å². The second kappa shape index (κ2) is 5.68. The van der Waals surface area contributed by atoms with Crippen LogP contribution < -0.4 is 5.32 Å². The van der Waals surface area contributed by atoms with E-state index in [2.05, 4.69) is 21.8 Å². The van der Waals surface area contributed by atoms with E-state index >= 15 is 0 Å². The Morgan fingerprint density at radius 2 is 2.31 bits per heavy atom. The summed E-state index contributed by atoms with van der Waals surface area (Å²) in [7, 11) is 0. The number of hydrogen-bond acceptors (Lipinski definition) is 5. The third-order valence-electron chi connectivity index (χ3n) is 3.07. The first-order valence-electron chi connectivity index (χ1n) is 5.83. The van der Waals surface area contributed by atoms with Crippen LogP contribution in [0, 0.1) is 6.92 Å². The van der Waals surface area contributed by atoms with Gasteiger partial charge in [0.25, 0.3) is 0 Å². The average molecular weight is 241 g/mol. The van der Waals surface area contributed by atoms with Gasteiger partial charge in [0, 0.05) is 18.2 Å². The topological polar surface area (TPSA) is 51.0 Å². The number of aryl methyl sites for hydroxylation is 1. The van der Waals surface area contributed by atoms with Crippen LogP contribution in [0.2, 0.25) is 0 Å². The van der Waals surface area contributed by atoms with E-state index in [1.807, 2.05) is 18.7 Å². The Labute approximate surface area is 101 Å². The minimum Gasteiger partial charge on any atom is -0.424 e. The van der Waals surface area contributed by atoms with Gasteiger partial charge in [-0.05, 0) is 25.5 Å². The van der Waals surface area contributed by atoms with E-state index in [0.29, 0.717) is 24.4 Å². The van der Waals surface area contributed by atoms with E-state index in [1.54, 1.807) is 0 Å². The molecule has 1 heterocycles. The number of rotatable bonds is 4. The van der Waals surface area contributed by atoms with Gasteiger partial charge in [0.15, 0.2) is 0 Å². The number of aromatic nitrogens is 2. The normalized spacial score (nSPS) is 25.9. The van der Waals surface area contributed by atoms with E-state index in [9.17, 15) is 0 Å². The van der Waals surface area contributed by atoms with Crippen LogP contribution in [0.15, 0.2) is 4.42 Å². The van der Waals surface area contributed by atoms with Gasteiger partial charge in [-0.2, -0.15) is 11.8 Å². The molecule has 0 radical (unpaired) electrons. The second-order valence-electron chi connectivity index (χ2n) is 4.32. The fourth-order valence-corrected chi connectivity index (χ4v) is 3.01. The molecule has 1 aromatic heterocycles. The molecule has 4 nitrogen and oxygen atoms in total. The van der Waals surface area contributed by atoms with Gasteiger partial charge in [-0.1, -0.05) is 6.42 Å². The fourth-order valence-electron chi connectivity index (χ4n) is 2.19. The van der Waals surface area contributed by atoms with E-state index in [4.69, 9.17) is 4.42 Å². The molecule has 16 heavy (non-hydrogen) atoms. The molecule has 0 bridgehead atoms. The molecule has 1 aromatic rings. The van der Waals surface area contributed by atoms with Crippen molar-refractivity contribution in [3.05, 3.63) is 11.8 Å². The summed E-state index contributed by atoms with van der Waals surface area (Å²) >= 11 is 1.98. The Hall–Kier alpha value is -0.550. The lowest BCUT2D eigenvalue weighted by atomic mass is 9.95. The Bertz CT molecular complexity index is 329. The molecule has 1 saturated carbocycles. The van der Waals surface area contributed by atoms with Crippen LogP contribution in [0.5, 0.6) is 0 Å². The van der Waals surface area contributed by atoms with Crippen molar-refractivity contribution in [2.75, 3.05) is 6.26 Å². The van der Waals surface area contributed by atoms with Gasteiger partial charge in [-0.25, -0.2) is 0 Å². The summed E-state index contributed by atoms with van der Waals surface area (Å²) in [6, 6.07) is 0.610. The zero-order chi connectivity index (χ0) is 11.4. The highest BCUT2D eigenvalue weighted by molar-refractivity contribution is 7.99. The standard InChI is InChI=1S/C11H19N3OS/c1-8-13-14-11(15-8)7-12-9-4-3-5-10(6-9)16-2/h9-10,12H,3-7H2,1-2H3. The number of hydrogen-bond donors (Lipinski definition) is 1. The quantitative estimate of drug-likeness (QED) is 0.875. The molecule has 0 spiro atoms. The van der Waals surface area contributed by atoms with Crippen LogP contribution in [-0.2, 0) is 6.54 Å². The Kier molecular flexibility index (Phi) is 4.23. The van der Waals surface area contributed by atoms with Gasteiger partial charge in [0.1, 0.15) is 0 Å². The second-order valence-corrected chi connectivity index (χ2v) is 5.46. The van der Waals surface area contributed by atoms with Crippen LogP contribution in [-0.4, -0.2) is 27.7 Å². The molecule has 1 fully saturated rings. The fraction of sp³-hybridized carbons (Fsp3) is 0.818. The average Bonchev–Trinajstić information content (AvgIpc) is 2.73. The zero-order valence-corrected chi connectivity index (χ0v) is 10.7. The van der Waals surface area contributed by atoms with Crippen LogP contribution in [0.4, 0.5) is 0 Å². The molecule has 2 rings (SSSR count). The third-order valence-corrected chi connectivity index (χ3v) is 4.16. The molecule has 2 unspecified atom stereocenters. The molecule has 0 aliphatic heterocycles. The minimum atomic E-state index is 0.610. The van der Waals surface area contributed by atoms with Crippen molar-refractivity contribution in [1.82, 2.24) is 15.5 Å². The van der Waals surface area contributed by atoms with E-state index in [1.165, 1.54) is 25.7 Å². The maximum Gasteiger partial charge on any atom is 0.230 e. The lowest BCUT2D eigenvalue weighted by Gasteiger charge is -2.28. The first-order valence-corrected chi connectivity index (χ1v) is 7.12. The van der Waals surface area contributed by atoms with Gasteiger partial charge >= 0.3 is 0 Å². The number of thioether (sulfide) groups is 1. The van der Waals surface area contributed by atoms with E-state index < -0.39 is 0 Å². The summed E-state index contributed by atoms with van der Waals surface area (Å²) in [5, 5.41) is 12.1. The SMILES string of the molecule is CSC1CCCC(NCc2nnc(C)o2)C1. The molecule has 1 aliphatic rings. The zero-order valence-electron chi connectivity index (χ0n) is 9.90. The van der Waals surface area contributed by atoms with Gasteiger partial charge in [0.05, 0.1) is 6.54 Å². The van der Waals surface area contributed by atoms with E-state index in [-0.39, 0.29) is 0 Å². The molecular formula is C11H19N3OS. The molecule has 1 aliphatic carbocycles. The predicted molar refractivity (Wildman–Crippen MR) is 65.4 cm³/mol. The monoisotopic (exact) mass is 241 g/mol. The highest BCUT2D eigenvalue weighted by atomic mass is 32.2. The summed E-state index contributed by atoms with van der Waals surface area (Å²) in [5.41, 5.74) is 0. The first kappa shape index (κ1) is 11.9. The number of nitrogens with one attached hydrogen (secondary N) is 1. The van der Waals surface area contributed by atoms with Crippen molar-refractivity contribution < 1.29 is 4.42 Å². The highest BCUT2D eigenvalue weighted by Gasteiger charge is 2.21. The van der Waals surface area contributed by atoms with Gasteiger partial charge in [-0.15, -0.1) is 10.2 Å². The van der Waals surface area contributed by atoms with Gasteiger partial charge in [-0.3, -0.25) is 0 Å². The van der Waals surface area contributed by atoms with Crippen LogP contribution >= 0.6 is 11.8 Å². The van der Waals surface area contributed by atoms with Crippen LogP contribution in [0.25, 0.3) is 0 Å². The molecule has 0 aromatic carbocycles. The number of nitrogens with zero attached hydrogens (tertiary/aromatic N) is 2. The Morgan fingerprint density at radius 1 is 1.44 bits per heavy atom. The van der Waals surface area contributed by atoms with Crippen molar-refractivity contribution in [2.45, 2.75) is 50.4 Å². The summed E-state index contributed by atoms with van der Waals surface area (Å²) < 4.78 is 5.34. The van der Waals surface area contributed by atoms with Crippen molar-refractivity contribution in [2.24, 2.45) is 0 Å². The lowest BCUT2D eigenvalue weighted by Crippen LogP contribution is -2.34. The third kappa shape index (κ3) is 3.22. The summed E-state index contributed by atoms with van der Waals surface area (Å²) in [6.45, 7) is 2.52. The molecule has 0 saturated heterocycles. The van der Waals surface area contributed by atoms with Crippen molar-refractivity contribution in [3.8, 4) is 0 Å².